The van der Waals surface area contributed by atoms with Crippen LogP contribution in [0.2, 0.25) is 0 Å². The number of carbonyl (C=O) groups excluding carboxylic acids is 1. The molecule has 7 nitrogen and oxygen atoms in total. The van der Waals surface area contributed by atoms with Crippen molar-refractivity contribution >= 4 is 11.9 Å². The summed E-state index contributed by atoms with van der Waals surface area (Å²) in [5.74, 6) is 0.817. The van der Waals surface area contributed by atoms with Crippen molar-refractivity contribution in [2.24, 2.45) is 0 Å². The first-order valence-electron chi connectivity index (χ1n) is 6.02. The second kappa shape index (κ2) is 6.05. The first kappa shape index (κ1) is 13.9. The molecule has 0 atom stereocenters. The molecule has 2 aromatic rings. The van der Waals surface area contributed by atoms with Crippen LogP contribution in [0, 0.1) is 6.92 Å². The second-order valence-electron chi connectivity index (χ2n) is 4.20. The van der Waals surface area contributed by atoms with Crippen molar-refractivity contribution in [2.45, 2.75) is 13.3 Å². The minimum atomic E-state index is -0.199. The molecule has 2 N–H and O–H groups in total. The molecule has 0 radical (unpaired) electrons. The molecule has 0 aliphatic rings. The Bertz CT molecular complexity index is 609. The molecule has 0 spiro atoms. The molecule has 1 amide bonds. The lowest BCUT2D eigenvalue weighted by molar-refractivity contribution is -0.115. The van der Waals surface area contributed by atoms with E-state index in [4.69, 9.17) is 9.47 Å². The highest BCUT2D eigenvalue weighted by Gasteiger charge is 2.09. The summed E-state index contributed by atoms with van der Waals surface area (Å²) in [5.41, 5.74) is 1.88. The molecule has 106 valence electrons. The zero-order chi connectivity index (χ0) is 14.5. The normalized spacial score (nSPS) is 10.2. The van der Waals surface area contributed by atoms with Crippen molar-refractivity contribution in [3.8, 4) is 11.8 Å². The van der Waals surface area contributed by atoms with Gasteiger partial charge in [0, 0.05) is 0 Å². The predicted molar refractivity (Wildman–Crippen MR) is 73.0 cm³/mol. The number of carbonyl (C=O) groups is 1. The van der Waals surface area contributed by atoms with Gasteiger partial charge in [-0.2, -0.15) is 4.98 Å². The average Bonchev–Trinajstić information content (AvgIpc) is 2.88. The van der Waals surface area contributed by atoms with Crippen molar-refractivity contribution in [1.82, 2.24) is 15.2 Å². The van der Waals surface area contributed by atoms with Crippen molar-refractivity contribution < 1.29 is 14.3 Å². The van der Waals surface area contributed by atoms with Gasteiger partial charge in [-0.3, -0.25) is 10.1 Å². The van der Waals surface area contributed by atoms with Gasteiger partial charge in [-0.25, -0.2) is 5.10 Å². The van der Waals surface area contributed by atoms with E-state index in [9.17, 15) is 4.79 Å². The minimum absolute atomic E-state index is 0.178. The van der Waals surface area contributed by atoms with Gasteiger partial charge in [-0.15, -0.1) is 5.10 Å². The number of methoxy groups -OCH3 is 2. The number of anilines is 1. The van der Waals surface area contributed by atoms with E-state index in [1.54, 1.807) is 7.11 Å². The van der Waals surface area contributed by atoms with E-state index in [2.05, 4.69) is 20.5 Å². The summed E-state index contributed by atoms with van der Waals surface area (Å²) in [6.07, 6.45) is 0.222. The van der Waals surface area contributed by atoms with Gasteiger partial charge in [0.15, 0.2) is 0 Å². The largest absolute Gasteiger partial charge is 0.496 e. The Labute approximate surface area is 116 Å². The lowest BCUT2D eigenvalue weighted by Gasteiger charge is -2.07. The van der Waals surface area contributed by atoms with E-state index in [1.807, 2.05) is 25.1 Å². The highest BCUT2D eigenvalue weighted by atomic mass is 16.5. The van der Waals surface area contributed by atoms with Gasteiger partial charge < -0.3 is 9.47 Å². The third-order valence-corrected chi connectivity index (χ3v) is 2.74. The molecule has 2 rings (SSSR count). The molecule has 0 saturated carbocycles. The average molecular weight is 276 g/mol. The maximum Gasteiger partial charge on any atom is 0.336 e. The summed E-state index contributed by atoms with van der Waals surface area (Å²) in [7, 11) is 3.06. The summed E-state index contributed by atoms with van der Waals surface area (Å²) in [4.78, 5) is 15.8. The molecular weight excluding hydrogens is 260 g/mol. The predicted octanol–water partition coefficient (Wildman–Crippen LogP) is 1.31. The van der Waals surface area contributed by atoms with Crippen LogP contribution >= 0.6 is 0 Å². The minimum Gasteiger partial charge on any atom is -0.496 e. The number of aromatic amines is 1. The van der Waals surface area contributed by atoms with Gasteiger partial charge in [0.05, 0.1) is 20.6 Å². The van der Waals surface area contributed by atoms with Crippen molar-refractivity contribution in [3.05, 3.63) is 29.3 Å². The molecule has 0 unspecified atom stereocenters. The third kappa shape index (κ3) is 3.25. The number of hydrogen-bond acceptors (Lipinski definition) is 5. The number of amides is 1. The number of aromatic nitrogens is 3. The fourth-order valence-electron chi connectivity index (χ4n) is 1.73. The first-order chi connectivity index (χ1) is 9.62. The molecule has 1 heterocycles. The lowest BCUT2D eigenvalue weighted by Crippen LogP contribution is -2.15. The maximum atomic E-state index is 11.9. The van der Waals surface area contributed by atoms with Crippen LogP contribution in [0.5, 0.6) is 11.8 Å². The molecule has 1 aromatic heterocycles. The lowest BCUT2D eigenvalue weighted by atomic mass is 10.1. The summed E-state index contributed by atoms with van der Waals surface area (Å²) >= 11 is 0. The van der Waals surface area contributed by atoms with Gasteiger partial charge in [-0.1, -0.05) is 12.1 Å². The van der Waals surface area contributed by atoms with E-state index < -0.39 is 0 Å². The number of ether oxygens (including phenoxy) is 2. The van der Waals surface area contributed by atoms with Crippen molar-refractivity contribution in [3.63, 3.8) is 0 Å². The van der Waals surface area contributed by atoms with Gasteiger partial charge in [0.2, 0.25) is 11.9 Å². The van der Waals surface area contributed by atoms with Crippen molar-refractivity contribution in [1.29, 1.82) is 0 Å². The number of H-pyrrole nitrogens is 1. The van der Waals surface area contributed by atoms with Crippen LogP contribution in [-0.2, 0) is 11.2 Å². The van der Waals surface area contributed by atoms with Crippen LogP contribution < -0.4 is 14.8 Å². The van der Waals surface area contributed by atoms with Crippen LogP contribution in [0.4, 0.5) is 5.95 Å². The van der Waals surface area contributed by atoms with E-state index >= 15 is 0 Å². The van der Waals surface area contributed by atoms with Crippen LogP contribution in [0.15, 0.2) is 18.2 Å². The molecule has 0 aliphatic carbocycles. The van der Waals surface area contributed by atoms with Crippen LogP contribution in [-0.4, -0.2) is 35.3 Å². The molecular formula is C13H16N4O3. The number of nitrogens with zero attached hydrogens (tertiary/aromatic N) is 2. The van der Waals surface area contributed by atoms with Gasteiger partial charge in [0.25, 0.3) is 0 Å². The van der Waals surface area contributed by atoms with E-state index in [1.165, 1.54) is 7.11 Å². The Morgan fingerprint density at radius 1 is 1.35 bits per heavy atom. The molecule has 0 fully saturated rings. The zero-order valence-electron chi connectivity index (χ0n) is 11.6. The molecule has 0 aliphatic heterocycles. The second-order valence-corrected chi connectivity index (χ2v) is 4.20. The van der Waals surface area contributed by atoms with Crippen LogP contribution in [0.25, 0.3) is 0 Å². The van der Waals surface area contributed by atoms with E-state index in [0.717, 1.165) is 16.9 Å². The highest BCUT2D eigenvalue weighted by Crippen LogP contribution is 2.19. The topological polar surface area (TPSA) is 89.1 Å². The monoisotopic (exact) mass is 276 g/mol. The number of hydrogen-bond donors (Lipinski definition) is 2. The molecule has 7 heteroatoms. The SMILES string of the molecule is COc1n[nH]c(NC(=O)Cc2ccc(C)c(OC)c2)n1. The van der Waals surface area contributed by atoms with Crippen LogP contribution in [0.1, 0.15) is 11.1 Å². The summed E-state index contributed by atoms with van der Waals surface area (Å²) in [5, 5.41) is 8.91. The number of nitrogens with one attached hydrogen (secondary N) is 2. The fraction of sp³-hybridized carbons (Fsp3) is 0.308. The quantitative estimate of drug-likeness (QED) is 0.859. The van der Waals surface area contributed by atoms with Crippen LogP contribution in [0.3, 0.4) is 0 Å². The van der Waals surface area contributed by atoms with Gasteiger partial charge in [-0.05, 0) is 24.1 Å². The Balaban J connectivity index is 2.00. The first-order valence-corrected chi connectivity index (χ1v) is 6.02. The van der Waals surface area contributed by atoms with E-state index in [-0.39, 0.29) is 24.3 Å². The summed E-state index contributed by atoms with van der Waals surface area (Å²) in [6.45, 7) is 1.95. The zero-order valence-corrected chi connectivity index (χ0v) is 11.6. The maximum absolute atomic E-state index is 11.9. The smallest absolute Gasteiger partial charge is 0.336 e. The van der Waals surface area contributed by atoms with Gasteiger partial charge in [0.1, 0.15) is 5.75 Å². The third-order valence-electron chi connectivity index (χ3n) is 2.74. The fourth-order valence-corrected chi connectivity index (χ4v) is 1.73. The molecule has 1 aromatic carbocycles. The molecule has 0 saturated heterocycles. The number of benzene rings is 1. The van der Waals surface area contributed by atoms with Crippen molar-refractivity contribution in [2.75, 3.05) is 19.5 Å². The molecule has 20 heavy (non-hydrogen) atoms. The number of rotatable bonds is 5. The Morgan fingerprint density at radius 2 is 2.15 bits per heavy atom. The number of aryl methyl sites for hydroxylation is 1. The Kier molecular flexibility index (Phi) is 4.19. The highest BCUT2D eigenvalue weighted by molar-refractivity contribution is 5.90. The summed E-state index contributed by atoms with van der Waals surface area (Å²) in [6, 6.07) is 5.82. The van der Waals surface area contributed by atoms with Gasteiger partial charge >= 0.3 is 6.01 Å². The van der Waals surface area contributed by atoms with E-state index in [0.29, 0.717) is 0 Å². The summed E-state index contributed by atoms with van der Waals surface area (Å²) < 4.78 is 10.0. The molecule has 0 bridgehead atoms. The standard InChI is InChI=1S/C13H16N4O3/c1-8-4-5-9(6-10(8)19-2)7-11(18)14-12-15-13(20-3)17-16-12/h4-6H,7H2,1-3H3,(H2,14,15,16,17,18). The Morgan fingerprint density at radius 3 is 2.80 bits per heavy atom. The Hall–Kier alpha value is -2.57.